The van der Waals surface area contributed by atoms with Crippen LogP contribution in [0.1, 0.15) is 6.92 Å². The molecule has 0 aromatic carbocycles. The molecule has 1 radical (unpaired) electrons. The minimum absolute atomic E-state index is 0.547. The Morgan fingerprint density at radius 3 is 1.64 bits per heavy atom. The van der Waals surface area contributed by atoms with Crippen molar-refractivity contribution in [3.63, 3.8) is 0 Å². The second-order valence-corrected chi connectivity index (χ2v) is 2.20. The largest absolute Gasteiger partial charge is 0.460 e. The molecule has 0 aliphatic rings. The van der Waals surface area contributed by atoms with Crippen molar-refractivity contribution >= 4 is 0 Å². The first kappa shape index (κ1) is 13.0. The summed E-state index contributed by atoms with van der Waals surface area (Å²) in [5.74, 6) is -11.6. The number of alkyl halides is 7. The Bertz CT molecular complexity index is 254. The van der Waals surface area contributed by atoms with Crippen molar-refractivity contribution in [2.24, 2.45) is 0 Å². The highest BCUT2D eigenvalue weighted by Crippen LogP contribution is 2.46. The molecule has 0 heterocycles. The van der Waals surface area contributed by atoms with Gasteiger partial charge in [0.05, 0.1) is 6.08 Å². The second-order valence-electron chi connectivity index (χ2n) is 2.20. The maximum absolute atomic E-state index is 12.2. The molecule has 0 atom stereocenters. The van der Waals surface area contributed by atoms with E-state index in [1.165, 1.54) is 5.73 Å². The quantitative estimate of drug-likeness (QED) is 0.495. The third-order valence-electron chi connectivity index (χ3n) is 1.12. The van der Waals surface area contributed by atoms with Crippen LogP contribution in [0.3, 0.4) is 0 Å². The number of halogens is 7. The SMILES string of the molecule is CC=C=[C]C(F)(F)C(F)(F)C(F)(F)F. The summed E-state index contributed by atoms with van der Waals surface area (Å²) >= 11 is 0. The van der Waals surface area contributed by atoms with E-state index in [1.54, 1.807) is 0 Å². The van der Waals surface area contributed by atoms with Crippen molar-refractivity contribution < 1.29 is 30.7 Å². The zero-order valence-corrected chi connectivity index (χ0v) is 6.72. The Kier molecular flexibility index (Phi) is 3.40. The molecule has 0 amide bonds. The molecule has 0 rings (SSSR count). The van der Waals surface area contributed by atoms with Gasteiger partial charge in [-0.05, 0) is 13.0 Å². The summed E-state index contributed by atoms with van der Waals surface area (Å²) in [6.07, 6.45) is -5.04. The van der Waals surface area contributed by atoms with Crippen LogP contribution in [0, 0.1) is 6.08 Å². The predicted molar refractivity (Wildman–Crippen MR) is 32.9 cm³/mol. The van der Waals surface area contributed by atoms with Crippen molar-refractivity contribution in [3.8, 4) is 0 Å². The van der Waals surface area contributed by atoms with Gasteiger partial charge in [-0.15, -0.1) is 5.73 Å². The van der Waals surface area contributed by atoms with Crippen LogP contribution in [0.5, 0.6) is 0 Å². The molecule has 0 aromatic heterocycles. The van der Waals surface area contributed by atoms with Gasteiger partial charge in [-0.25, -0.2) is 0 Å². The molecule has 0 aromatic rings. The molecule has 0 nitrogen and oxygen atoms in total. The molecule has 0 saturated heterocycles. The molecule has 0 N–H and O–H groups in total. The first-order chi connectivity index (χ1) is 6.06. The lowest BCUT2D eigenvalue weighted by atomic mass is 10.1. The smallest absolute Gasteiger partial charge is 0.193 e. The van der Waals surface area contributed by atoms with Gasteiger partial charge in [-0.3, -0.25) is 0 Å². The third kappa shape index (κ3) is 2.29. The molecule has 0 aliphatic heterocycles. The van der Waals surface area contributed by atoms with Crippen LogP contribution in [0.2, 0.25) is 0 Å². The lowest BCUT2D eigenvalue weighted by Gasteiger charge is -2.24. The number of rotatable bonds is 2. The van der Waals surface area contributed by atoms with Crippen LogP contribution >= 0.6 is 0 Å². The van der Waals surface area contributed by atoms with Gasteiger partial charge in [-0.1, -0.05) is 0 Å². The van der Waals surface area contributed by atoms with E-state index in [1.807, 2.05) is 0 Å². The highest BCUT2D eigenvalue weighted by molar-refractivity contribution is 4.99. The summed E-state index contributed by atoms with van der Waals surface area (Å²) in [5.41, 5.74) is 1.36. The molecule has 0 fully saturated rings. The van der Waals surface area contributed by atoms with Crippen molar-refractivity contribution in [2.75, 3.05) is 0 Å². The topological polar surface area (TPSA) is 0 Å². The molecule has 14 heavy (non-hydrogen) atoms. The van der Waals surface area contributed by atoms with E-state index in [2.05, 4.69) is 0 Å². The molecule has 0 unspecified atom stereocenters. The summed E-state index contributed by atoms with van der Waals surface area (Å²) in [6.45, 7) is 1.12. The fourth-order valence-corrected chi connectivity index (χ4v) is 0.419. The highest BCUT2D eigenvalue weighted by Gasteiger charge is 2.72. The minimum atomic E-state index is -6.32. The molecular weight excluding hydrogens is 217 g/mol. The minimum Gasteiger partial charge on any atom is -0.193 e. The van der Waals surface area contributed by atoms with Crippen molar-refractivity contribution in [1.82, 2.24) is 0 Å². The Morgan fingerprint density at radius 2 is 1.36 bits per heavy atom. The van der Waals surface area contributed by atoms with E-state index in [9.17, 15) is 30.7 Å². The Balaban J connectivity index is 5.18. The summed E-state index contributed by atoms with van der Waals surface area (Å²) in [4.78, 5) is 0. The Morgan fingerprint density at radius 1 is 0.929 bits per heavy atom. The van der Waals surface area contributed by atoms with Gasteiger partial charge in [0, 0.05) is 0 Å². The highest BCUT2D eigenvalue weighted by atomic mass is 19.4. The van der Waals surface area contributed by atoms with Gasteiger partial charge >= 0.3 is 18.0 Å². The van der Waals surface area contributed by atoms with E-state index in [-0.39, 0.29) is 0 Å². The van der Waals surface area contributed by atoms with Gasteiger partial charge in [0.2, 0.25) is 0 Å². The average Bonchev–Trinajstić information content (AvgIpc) is 1.98. The van der Waals surface area contributed by atoms with Crippen molar-refractivity contribution in [3.05, 3.63) is 17.9 Å². The average molecular weight is 221 g/mol. The maximum Gasteiger partial charge on any atom is 0.460 e. The van der Waals surface area contributed by atoms with Crippen LogP contribution in [-0.4, -0.2) is 18.0 Å². The molecule has 7 heteroatoms. The van der Waals surface area contributed by atoms with Gasteiger partial charge in [0.15, 0.2) is 0 Å². The van der Waals surface area contributed by atoms with Gasteiger partial charge in [0.1, 0.15) is 0 Å². The normalized spacial score (nSPS) is 13.4. The number of hydrogen-bond donors (Lipinski definition) is 0. The maximum atomic E-state index is 12.2. The lowest BCUT2D eigenvalue weighted by Crippen LogP contribution is -2.50. The van der Waals surface area contributed by atoms with E-state index in [0.717, 1.165) is 13.0 Å². The standard InChI is InChI=1S/C7H4F7/c1-2-3-4-5(8,9)6(10,11)7(12,13)14/h2H,1H3. The summed E-state index contributed by atoms with van der Waals surface area (Å²) in [7, 11) is 0. The van der Waals surface area contributed by atoms with E-state index < -0.39 is 18.0 Å². The second kappa shape index (κ2) is 3.65. The molecular formula is C7H4F7. The Labute approximate surface area is 74.7 Å². The van der Waals surface area contributed by atoms with Gasteiger partial charge < -0.3 is 0 Å². The van der Waals surface area contributed by atoms with Crippen LogP contribution < -0.4 is 0 Å². The van der Waals surface area contributed by atoms with E-state index in [4.69, 9.17) is 0 Å². The van der Waals surface area contributed by atoms with Crippen LogP contribution in [0.4, 0.5) is 30.7 Å². The number of allylic oxidation sites excluding steroid dienone is 1. The lowest BCUT2D eigenvalue weighted by molar-refractivity contribution is -0.343. The first-order valence-corrected chi connectivity index (χ1v) is 3.19. The van der Waals surface area contributed by atoms with Crippen LogP contribution in [0.15, 0.2) is 11.8 Å². The summed E-state index contributed by atoms with van der Waals surface area (Å²) in [5, 5.41) is 0. The molecule has 0 spiro atoms. The Hall–Kier alpha value is -0.970. The fourth-order valence-electron chi connectivity index (χ4n) is 0.419. The van der Waals surface area contributed by atoms with E-state index >= 15 is 0 Å². The van der Waals surface area contributed by atoms with Gasteiger partial charge in [0.25, 0.3) is 0 Å². The molecule has 81 valence electrons. The van der Waals surface area contributed by atoms with Crippen LogP contribution in [0.25, 0.3) is 0 Å². The first-order valence-electron chi connectivity index (χ1n) is 3.19. The zero-order valence-electron chi connectivity index (χ0n) is 6.72. The number of hydrogen-bond acceptors (Lipinski definition) is 0. The molecule has 0 saturated carbocycles. The predicted octanol–water partition coefficient (Wildman–Crippen LogP) is 3.35. The monoisotopic (exact) mass is 221 g/mol. The zero-order chi connectivity index (χ0) is 11.6. The fraction of sp³-hybridized carbons (Fsp3) is 0.571. The summed E-state index contributed by atoms with van der Waals surface area (Å²) in [6, 6.07) is 0. The van der Waals surface area contributed by atoms with Crippen molar-refractivity contribution in [1.29, 1.82) is 0 Å². The van der Waals surface area contributed by atoms with Crippen molar-refractivity contribution in [2.45, 2.75) is 24.9 Å². The van der Waals surface area contributed by atoms with Gasteiger partial charge in [-0.2, -0.15) is 30.7 Å². The van der Waals surface area contributed by atoms with E-state index in [0.29, 0.717) is 6.08 Å². The third-order valence-corrected chi connectivity index (χ3v) is 1.12. The molecule has 0 aliphatic carbocycles. The van der Waals surface area contributed by atoms with Crippen LogP contribution in [-0.2, 0) is 0 Å². The summed E-state index contributed by atoms with van der Waals surface area (Å²) < 4.78 is 82.9. The molecule has 0 bridgehead atoms.